The zero-order chi connectivity index (χ0) is 14.7. The molecule has 0 radical (unpaired) electrons. The number of hydrogen-bond donors (Lipinski definition) is 1. The molecule has 1 fully saturated rings. The third kappa shape index (κ3) is 3.03. The van der Waals surface area contributed by atoms with E-state index in [4.69, 9.17) is 5.73 Å². The summed E-state index contributed by atoms with van der Waals surface area (Å²) in [5.74, 6) is 0.614. The molecule has 0 aliphatic heterocycles. The maximum atomic E-state index is 12.6. The molecule has 1 aromatic rings. The Kier molecular flexibility index (Phi) is 4.81. The van der Waals surface area contributed by atoms with Crippen LogP contribution in [0.3, 0.4) is 0 Å². The lowest BCUT2D eigenvalue weighted by molar-refractivity contribution is -0.134. The summed E-state index contributed by atoms with van der Waals surface area (Å²) >= 11 is 0. The summed E-state index contributed by atoms with van der Waals surface area (Å²) in [5.41, 5.74) is 7.83. The molecule has 2 unspecified atom stereocenters. The number of rotatable bonds is 5. The molecule has 2 rings (SSSR count). The van der Waals surface area contributed by atoms with Crippen molar-refractivity contribution in [2.24, 2.45) is 11.7 Å². The molecule has 20 heavy (non-hydrogen) atoms. The van der Waals surface area contributed by atoms with Gasteiger partial charge in [0, 0.05) is 18.3 Å². The lowest BCUT2D eigenvalue weighted by Gasteiger charge is -2.32. The van der Waals surface area contributed by atoms with E-state index >= 15 is 0 Å². The summed E-state index contributed by atoms with van der Waals surface area (Å²) in [4.78, 5) is 14.6. The van der Waals surface area contributed by atoms with Crippen LogP contribution in [0.15, 0.2) is 6.07 Å². The third-order valence-electron chi connectivity index (χ3n) is 4.37. The van der Waals surface area contributed by atoms with Crippen LogP contribution in [0.4, 0.5) is 0 Å². The van der Waals surface area contributed by atoms with Crippen LogP contribution in [0.1, 0.15) is 37.6 Å². The molecular weight excluding hydrogens is 252 g/mol. The van der Waals surface area contributed by atoms with Crippen LogP contribution in [0.5, 0.6) is 0 Å². The van der Waals surface area contributed by atoms with Gasteiger partial charge in [0.25, 0.3) is 0 Å². The van der Waals surface area contributed by atoms with Gasteiger partial charge in [0.1, 0.15) is 6.54 Å². The number of hydrogen-bond acceptors (Lipinski definition) is 3. The average Bonchev–Trinajstić information content (AvgIpc) is 2.98. The molecule has 1 amide bonds. The standard InChI is InChI=1S/C15H26N4O/c1-4-18(14-7-5-6-13(14)9-16)15(20)10-19-12(3)8-11(2)17-19/h8,13-14H,4-7,9-10,16H2,1-3H3. The van der Waals surface area contributed by atoms with E-state index < -0.39 is 0 Å². The Morgan fingerprint density at radius 3 is 2.80 bits per heavy atom. The fourth-order valence-corrected chi connectivity index (χ4v) is 3.35. The Morgan fingerprint density at radius 1 is 1.50 bits per heavy atom. The van der Waals surface area contributed by atoms with Gasteiger partial charge < -0.3 is 10.6 Å². The molecule has 2 N–H and O–H groups in total. The van der Waals surface area contributed by atoms with Gasteiger partial charge in [-0.1, -0.05) is 6.42 Å². The van der Waals surface area contributed by atoms with Crippen molar-refractivity contribution >= 4 is 5.91 Å². The molecule has 2 atom stereocenters. The van der Waals surface area contributed by atoms with E-state index in [-0.39, 0.29) is 5.91 Å². The highest BCUT2D eigenvalue weighted by atomic mass is 16.2. The second kappa shape index (κ2) is 6.39. The molecule has 1 saturated carbocycles. The Hall–Kier alpha value is -1.36. The number of carbonyl (C=O) groups excluding carboxylic acids is 1. The van der Waals surface area contributed by atoms with Crippen LogP contribution in [-0.4, -0.2) is 39.7 Å². The number of carbonyl (C=O) groups is 1. The summed E-state index contributed by atoms with van der Waals surface area (Å²) in [5, 5.41) is 4.38. The predicted molar refractivity (Wildman–Crippen MR) is 79.3 cm³/mol. The molecule has 1 heterocycles. The Bertz CT molecular complexity index is 468. The summed E-state index contributed by atoms with van der Waals surface area (Å²) in [7, 11) is 0. The van der Waals surface area contributed by atoms with Crippen LogP contribution in [-0.2, 0) is 11.3 Å². The second-order valence-corrected chi connectivity index (χ2v) is 5.76. The van der Waals surface area contributed by atoms with Crippen molar-refractivity contribution < 1.29 is 4.79 Å². The van der Waals surface area contributed by atoms with Crippen LogP contribution in [0.2, 0.25) is 0 Å². The third-order valence-corrected chi connectivity index (χ3v) is 4.37. The summed E-state index contributed by atoms with van der Waals surface area (Å²) in [6, 6.07) is 2.32. The second-order valence-electron chi connectivity index (χ2n) is 5.76. The highest BCUT2D eigenvalue weighted by Gasteiger charge is 2.33. The zero-order valence-electron chi connectivity index (χ0n) is 12.8. The number of nitrogens with two attached hydrogens (primary N) is 1. The topological polar surface area (TPSA) is 64.2 Å². The molecule has 0 aromatic carbocycles. The predicted octanol–water partition coefficient (Wildman–Crippen LogP) is 1.48. The normalized spacial score (nSPS) is 22.2. The summed E-state index contributed by atoms with van der Waals surface area (Å²) < 4.78 is 1.80. The zero-order valence-corrected chi connectivity index (χ0v) is 12.8. The minimum Gasteiger partial charge on any atom is -0.338 e. The molecule has 0 bridgehead atoms. The quantitative estimate of drug-likeness (QED) is 0.887. The van der Waals surface area contributed by atoms with Crippen molar-refractivity contribution in [1.29, 1.82) is 0 Å². The molecular formula is C15H26N4O. The van der Waals surface area contributed by atoms with Crippen LogP contribution in [0, 0.1) is 19.8 Å². The van der Waals surface area contributed by atoms with E-state index in [1.807, 2.05) is 31.7 Å². The molecule has 1 aromatic heterocycles. The number of aromatic nitrogens is 2. The van der Waals surface area contributed by atoms with Crippen LogP contribution >= 0.6 is 0 Å². The van der Waals surface area contributed by atoms with Crippen molar-refractivity contribution in [3.05, 3.63) is 17.5 Å². The number of likely N-dealkylation sites (N-methyl/N-ethyl adjacent to an activating group) is 1. The fourth-order valence-electron chi connectivity index (χ4n) is 3.35. The van der Waals surface area contributed by atoms with E-state index in [1.165, 1.54) is 6.42 Å². The molecule has 5 nitrogen and oxygen atoms in total. The van der Waals surface area contributed by atoms with Crippen molar-refractivity contribution in [1.82, 2.24) is 14.7 Å². The Labute approximate surface area is 121 Å². The maximum absolute atomic E-state index is 12.6. The van der Waals surface area contributed by atoms with E-state index in [1.54, 1.807) is 4.68 Å². The van der Waals surface area contributed by atoms with Crippen LogP contribution < -0.4 is 5.73 Å². The minimum atomic E-state index is 0.157. The molecule has 5 heteroatoms. The summed E-state index contributed by atoms with van der Waals surface area (Å²) in [6.07, 6.45) is 3.40. The van der Waals surface area contributed by atoms with Crippen molar-refractivity contribution in [2.75, 3.05) is 13.1 Å². The fraction of sp³-hybridized carbons (Fsp3) is 0.733. The van der Waals surface area contributed by atoms with Gasteiger partial charge in [-0.3, -0.25) is 9.48 Å². The smallest absolute Gasteiger partial charge is 0.244 e. The van der Waals surface area contributed by atoms with Crippen molar-refractivity contribution in [3.8, 4) is 0 Å². The van der Waals surface area contributed by atoms with Gasteiger partial charge in [0.05, 0.1) is 5.69 Å². The van der Waals surface area contributed by atoms with Gasteiger partial charge in [0.2, 0.25) is 5.91 Å². The first-order valence-electron chi connectivity index (χ1n) is 7.57. The molecule has 0 saturated heterocycles. The lowest BCUT2D eigenvalue weighted by Crippen LogP contribution is -2.45. The molecule has 0 spiro atoms. The largest absolute Gasteiger partial charge is 0.338 e. The SMILES string of the molecule is CCN(C(=O)Cn1nc(C)cc1C)C1CCCC1CN. The molecule has 112 valence electrons. The first-order chi connectivity index (χ1) is 9.56. The number of aryl methyl sites for hydroxylation is 2. The van der Waals surface area contributed by atoms with Gasteiger partial charge in [-0.05, 0) is 52.1 Å². The Morgan fingerprint density at radius 2 is 2.25 bits per heavy atom. The van der Waals surface area contributed by atoms with Gasteiger partial charge in [-0.15, -0.1) is 0 Å². The molecule has 1 aliphatic carbocycles. The van der Waals surface area contributed by atoms with E-state index in [0.29, 0.717) is 25.0 Å². The molecule has 1 aliphatic rings. The number of nitrogens with zero attached hydrogens (tertiary/aromatic N) is 3. The van der Waals surface area contributed by atoms with E-state index in [0.717, 1.165) is 30.8 Å². The van der Waals surface area contributed by atoms with Gasteiger partial charge in [-0.25, -0.2) is 0 Å². The Balaban J connectivity index is 2.07. The maximum Gasteiger partial charge on any atom is 0.244 e. The van der Waals surface area contributed by atoms with Crippen LogP contribution in [0.25, 0.3) is 0 Å². The highest BCUT2D eigenvalue weighted by molar-refractivity contribution is 5.76. The highest BCUT2D eigenvalue weighted by Crippen LogP contribution is 2.29. The van der Waals surface area contributed by atoms with Gasteiger partial charge in [0.15, 0.2) is 0 Å². The monoisotopic (exact) mass is 278 g/mol. The summed E-state index contributed by atoms with van der Waals surface area (Å²) in [6.45, 7) is 7.74. The van der Waals surface area contributed by atoms with Gasteiger partial charge in [-0.2, -0.15) is 5.10 Å². The average molecular weight is 278 g/mol. The van der Waals surface area contributed by atoms with Gasteiger partial charge >= 0.3 is 0 Å². The first kappa shape index (κ1) is 15.0. The van der Waals surface area contributed by atoms with E-state index in [9.17, 15) is 4.79 Å². The van der Waals surface area contributed by atoms with Crippen molar-refractivity contribution in [3.63, 3.8) is 0 Å². The van der Waals surface area contributed by atoms with E-state index in [2.05, 4.69) is 5.10 Å². The number of amides is 1. The van der Waals surface area contributed by atoms with Crippen molar-refractivity contribution in [2.45, 2.75) is 52.6 Å². The lowest BCUT2D eigenvalue weighted by atomic mass is 10.0. The first-order valence-corrected chi connectivity index (χ1v) is 7.57. The minimum absolute atomic E-state index is 0.157.